The number of carbonyl (C=O) groups excluding carboxylic acids is 1. The normalized spacial score (nSPS) is 16.6. The van der Waals surface area contributed by atoms with E-state index >= 15 is 0 Å². The highest BCUT2D eigenvalue weighted by atomic mass is 32.2. The number of piperidine rings is 1. The fourth-order valence-corrected chi connectivity index (χ4v) is 5.04. The molecular formula is C21H23N5OS2. The average Bonchev–Trinajstić information content (AvgIpc) is 3.20. The van der Waals surface area contributed by atoms with Crippen LogP contribution in [-0.4, -0.2) is 34.2 Å². The molecular weight excluding hydrogens is 402 g/mol. The van der Waals surface area contributed by atoms with Gasteiger partial charge in [0.1, 0.15) is 5.82 Å². The molecule has 1 fully saturated rings. The van der Waals surface area contributed by atoms with E-state index in [4.69, 9.17) is 0 Å². The molecule has 1 aromatic carbocycles. The molecule has 0 aliphatic carbocycles. The Morgan fingerprint density at radius 1 is 1.28 bits per heavy atom. The van der Waals surface area contributed by atoms with Crippen LogP contribution in [0.5, 0.6) is 0 Å². The lowest BCUT2D eigenvalue weighted by Gasteiger charge is -2.31. The van der Waals surface area contributed by atoms with Crippen LogP contribution in [0.15, 0.2) is 53.0 Å². The van der Waals surface area contributed by atoms with Crippen LogP contribution in [0.3, 0.4) is 0 Å². The van der Waals surface area contributed by atoms with Crippen molar-refractivity contribution in [3.63, 3.8) is 0 Å². The van der Waals surface area contributed by atoms with Gasteiger partial charge >= 0.3 is 0 Å². The number of carbonyl (C=O) groups is 1. The third-order valence-electron chi connectivity index (χ3n) is 4.82. The topological polar surface area (TPSA) is 71.0 Å². The van der Waals surface area contributed by atoms with E-state index < -0.39 is 0 Å². The van der Waals surface area contributed by atoms with Crippen LogP contribution >= 0.6 is 23.1 Å². The quantitative estimate of drug-likeness (QED) is 0.455. The van der Waals surface area contributed by atoms with Gasteiger partial charge in [-0.3, -0.25) is 10.1 Å². The molecule has 150 valence electrons. The van der Waals surface area contributed by atoms with Crippen LogP contribution in [0.4, 0.5) is 10.9 Å². The molecule has 29 heavy (non-hydrogen) atoms. The maximum atomic E-state index is 12.7. The van der Waals surface area contributed by atoms with E-state index in [1.54, 1.807) is 24.0 Å². The van der Waals surface area contributed by atoms with Gasteiger partial charge < -0.3 is 4.90 Å². The number of anilines is 2. The van der Waals surface area contributed by atoms with Crippen LogP contribution in [0.2, 0.25) is 0 Å². The van der Waals surface area contributed by atoms with Gasteiger partial charge in [0, 0.05) is 30.6 Å². The number of pyridine rings is 1. The summed E-state index contributed by atoms with van der Waals surface area (Å²) in [5, 5.41) is 11.7. The Hall–Kier alpha value is -2.45. The Balaban J connectivity index is 1.37. The van der Waals surface area contributed by atoms with Crippen LogP contribution in [-0.2, 0) is 5.75 Å². The van der Waals surface area contributed by atoms with Crippen molar-refractivity contribution in [3.8, 4) is 0 Å². The van der Waals surface area contributed by atoms with E-state index in [1.165, 1.54) is 23.3 Å². The highest BCUT2D eigenvalue weighted by Crippen LogP contribution is 2.28. The summed E-state index contributed by atoms with van der Waals surface area (Å²) in [6.07, 6.45) is 4.11. The summed E-state index contributed by atoms with van der Waals surface area (Å²) in [5.41, 5.74) is 1.82. The molecule has 6 nitrogen and oxygen atoms in total. The van der Waals surface area contributed by atoms with Gasteiger partial charge in [0.15, 0.2) is 4.34 Å². The van der Waals surface area contributed by atoms with Crippen molar-refractivity contribution in [2.45, 2.75) is 29.9 Å². The van der Waals surface area contributed by atoms with Crippen molar-refractivity contribution in [1.29, 1.82) is 0 Å². The third kappa shape index (κ3) is 5.33. The van der Waals surface area contributed by atoms with Crippen LogP contribution in [0.25, 0.3) is 0 Å². The number of nitrogens with zero attached hydrogens (tertiary/aromatic N) is 4. The standard InChI is InChI=1S/C21H23N5OS2/c1-15-6-5-11-26(13-15)18-12-17(9-10-22-18)19(27)23-20-24-25-21(29-20)28-14-16-7-3-2-4-8-16/h2-4,7-10,12,15H,5-6,11,13-14H2,1H3,(H,23,24,27). The first kappa shape index (κ1) is 19.8. The molecule has 1 saturated heterocycles. The van der Waals surface area contributed by atoms with E-state index in [0.29, 0.717) is 16.6 Å². The summed E-state index contributed by atoms with van der Waals surface area (Å²) in [7, 11) is 0. The molecule has 8 heteroatoms. The average molecular weight is 426 g/mol. The second kappa shape index (κ2) is 9.37. The zero-order valence-electron chi connectivity index (χ0n) is 16.2. The number of amides is 1. The molecule has 3 aromatic rings. The number of rotatable bonds is 6. The zero-order chi connectivity index (χ0) is 20.1. The molecule has 3 heterocycles. The third-order valence-corrected chi connectivity index (χ3v) is 6.86. The summed E-state index contributed by atoms with van der Waals surface area (Å²) in [6, 6.07) is 13.8. The molecule has 1 aliphatic rings. The van der Waals surface area contributed by atoms with E-state index in [9.17, 15) is 4.79 Å². The van der Waals surface area contributed by atoms with Gasteiger partial charge in [0.2, 0.25) is 5.13 Å². The van der Waals surface area contributed by atoms with Crippen LogP contribution < -0.4 is 10.2 Å². The van der Waals surface area contributed by atoms with Crippen molar-refractivity contribution in [2.24, 2.45) is 5.92 Å². The first-order valence-electron chi connectivity index (χ1n) is 9.70. The molecule has 1 N–H and O–H groups in total. The molecule has 1 unspecified atom stereocenters. The summed E-state index contributed by atoms with van der Waals surface area (Å²) < 4.78 is 0.835. The van der Waals surface area contributed by atoms with Crippen LogP contribution in [0, 0.1) is 5.92 Å². The first-order chi connectivity index (χ1) is 14.2. The molecule has 1 aliphatic heterocycles. The molecule has 0 radical (unpaired) electrons. The molecule has 4 rings (SSSR count). The van der Waals surface area contributed by atoms with Gasteiger partial charge in [-0.15, -0.1) is 10.2 Å². The molecule has 0 spiro atoms. The number of hydrogen-bond donors (Lipinski definition) is 1. The zero-order valence-corrected chi connectivity index (χ0v) is 17.9. The summed E-state index contributed by atoms with van der Waals surface area (Å²) in [4.78, 5) is 19.4. The molecule has 0 bridgehead atoms. The summed E-state index contributed by atoms with van der Waals surface area (Å²) >= 11 is 3.01. The Morgan fingerprint density at radius 3 is 2.97 bits per heavy atom. The van der Waals surface area contributed by atoms with Gasteiger partial charge in [-0.2, -0.15) is 0 Å². The van der Waals surface area contributed by atoms with Gasteiger partial charge in [-0.25, -0.2) is 4.98 Å². The van der Waals surface area contributed by atoms with Crippen molar-refractivity contribution in [3.05, 3.63) is 59.8 Å². The highest BCUT2D eigenvalue weighted by molar-refractivity contribution is 8.00. The fourth-order valence-electron chi connectivity index (χ4n) is 3.34. The molecule has 1 amide bonds. The van der Waals surface area contributed by atoms with Gasteiger partial charge in [0.05, 0.1) is 0 Å². The largest absolute Gasteiger partial charge is 0.356 e. The first-order valence-corrected chi connectivity index (χ1v) is 11.5. The minimum absolute atomic E-state index is 0.186. The van der Waals surface area contributed by atoms with Crippen molar-refractivity contribution in [2.75, 3.05) is 23.3 Å². The number of aromatic nitrogens is 3. The lowest BCUT2D eigenvalue weighted by molar-refractivity contribution is 0.102. The Labute approximate surface area is 178 Å². The van der Waals surface area contributed by atoms with Crippen molar-refractivity contribution >= 4 is 40.0 Å². The monoisotopic (exact) mass is 425 g/mol. The Kier molecular flexibility index (Phi) is 6.41. The number of thioether (sulfide) groups is 1. The van der Waals surface area contributed by atoms with E-state index in [0.717, 1.165) is 35.4 Å². The SMILES string of the molecule is CC1CCCN(c2cc(C(=O)Nc3nnc(SCc4ccccc4)s3)ccn2)C1. The highest BCUT2D eigenvalue weighted by Gasteiger charge is 2.19. The predicted molar refractivity (Wildman–Crippen MR) is 119 cm³/mol. The van der Waals surface area contributed by atoms with Gasteiger partial charge in [0.25, 0.3) is 5.91 Å². The van der Waals surface area contributed by atoms with Crippen molar-refractivity contribution < 1.29 is 4.79 Å². The fraction of sp³-hybridized carbons (Fsp3) is 0.333. The minimum atomic E-state index is -0.186. The number of nitrogens with one attached hydrogen (secondary N) is 1. The second-order valence-electron chi connectivity index (χ2n) is 7.20. The summed E-state index contributed by atoms with van der Waals surface area (Å²) in [6.45, 7) is 4.23. The summed E-state index contributed by atoms with van der Waals surface area (Å²) in [5.74, 6) is 2.15. The van der Waals surface area contributed by atoms with Crippen LogP contribution in [0.1, 0.15) is 35.7 Å². The second-order valence-corrected chi connectivity index (χ2v) is 9.40. The Morgan fingerprint density at radius 2 is 2.14 bits per heavy atom. The van der Waals surface area contributed by atoms with E-state index in [-0.39, 0.29) is 5.91 Å². The molecule has 0 saturated carbocycles. The maximum Gasteiger partial charge on any atom is 0.257 e. The van der Waals surface area contributed by atoms with E-state index in [2.05, 4.69) is 44.5 Å². The minimum Gasteiger partial charge on any atom is -0.356 e. The smallest absolute Gasteiger partial charge is 0.257 e. The lowest BCUT2D eigenvalue weighted by Crippen LogP contribution is -2.34. The molecule has 2 aromatic heterocycles. The number of benzene rings is 1. The molecule has 1 atom stereocenters. The predicted octanol–water partition coefficient (Wildman–Crippen LogP) is 4.71. The number of hydrogen-bond acceptors (Lipinski definition) is 7. The van der Waals surface area contributed by atoms with Crippen molar-refractivity contribution in [1.82, 2.24) is 15.2 Å². The van der Waals surface area contributed by atoms with Gasteiger partial charge in [-0.1, -0.05) is 60.4 Å². The van der Waals surface area contributed by atoms with E-state index in [1.807, 2.05) is 24.3 Å². The maximum absolute atomic E-state index is 12.7. The Bertz CT molecular complexity index is 962. The lowest BCUT2D eigenvalue weighted by atomic mass is 10.0. The van der Waals surface area contributed by atoms with Gasteiger partial charge in [-0.05, 0) is 36.5 Å².